The van der Waals surface area contributed by atoms with E-state index < -0.39 is 0 Å². The van der Waals surface area contributed by atoms with Crippen molar-refractivity contribution < 1.29 is 4.39 Å². The molecule has 0 saturated carbocycles. The van der Waals surface area contributed by atoms with Crippen LogP contribution in [0.15, 0.2) is 36.4 Å². The minimum atomic E-state index is -0.201. The van der Waals surface area contributed by atoms with Gasteiger partial charge in [-0.1, -0.05) is 12.1 Å². The number of aryl methyl sites for hydroxylation is 1. The molecule has 2 rings (SSSR count). The second-order valence-corrected chi connectivity index (χ2v) is 4.80. The van der Waals surface area contributed by atoms with E-state index in [0.717, 1.165) is 17.1 Å². The molecule has 0 radical (unpaired) electrons. The number of benzene rings is 1. The topological polar surface area (TPSA) is 24.9 Å². The van der Waals surface area contributed by atoms with Crippen molar-refractivity contribution in [3.63, 3.8) is 0 Å². The predicted molar refractivity (Wildman–Crippen MR) is 75.4 cm³/mol. The molecule has 0 saturated heterocycles. The second kappa shape index (κ2) is 5.44. The van der Waals surface area contributed by atoms with Crippen molar-refractivity contribution >= 4 is 28.3 Å². The molecule has 0 spiro atoms. The molecule has 0 aliphatic carbocycles. The quantitative estimate of drug-likeness (QED) is 0.860. The Kier molecular flexibility index (Phi) is 3.93. The van der Waals surface area contributed by atoms with Crippen LogP contribution in [0, 0.1) is 16.3 Å². The molecule has 0 unspecified atom stereocenters. The SMILES string of the molecule is Cc1cccc(CNc2cccc(F)c2I)n1. The summed E-state index contributed by atoms with van der Waals surface area (Å²) in [5.41, 5.74) is 2.73. The average molecular weight is 342 g/mol. The molecule has 0 aliphatic heterocycles. The summed E-state index contributed by atoms with van der Waals surface area (Å²) in [6.07, 6.45) is 0. The van der Waals surface area contributed by atoms with E-state index in [-0.39, 0.29) is 5.82 Å². The van der Waals surface area contributed by atoms with Crippen molar-refractivity contribution in [1.29, 1.82) is 0 Å². The lowest BCUT2D eigenvalue weighted by Gasteiger charge is -2.08. The van der Waals surface area contributed by atoms with E-state index in [1.54, 1.807) is 6.07 Å². The summed E-state index contributed by atoms with van der Waals surface area (Å²) < 4.78 is 13.9. The summed E-state index contributed by atoms with van der Waals surface area (Å²) in [7, 11) is 0. The van der Waals surface area contributed by atoms with E-state index in [4.69, 9.17) is 0 Å². The summed E-state index contributed by atoms with van der Waals surface area (Å²) in [6, 6.07) is 10.9. The number of aromatic nitrogens is 1. The van der Waals surface area contributed by atoms with Gasteiger partial charge in [0.05, 0.1) is 21.5 Å². The Labute approximate surface area is 113 Å². The van der Waals surface area contributed by atoms with Gasteiger partial charge in [0.2, 0.25) is 0 Å². The number of hydrogen-bond acceptors (Lipinski definition) is 2. The van der Waals surface area contributed by atoms with Crippen molar-refractivity contribution in [2.24, 2.45) is 0 Å². The van der Waals surface area contributed by atoms with Gasteiger partial charge in [0, 0.05) is 5.69 Å². The Morgan fingerprint density at radius 2 is 2.00 bits per heavy atom. The Bertz CT molecular complexity index is 529. The zero-order valence-corrected chi connectivity index (χ0v) is 11.5. The van der Waals surface area contributed by atoms with E-state index in [0.29, 0.717) is 10.1 Å². The molecule has 1 aromatic carbocycles. The molecule has 2 aromatic rings. The van der Waals surface area contributed by atoms with Crippen LogP contribution in [0.25, 0.3) is 0 Å². The third kappa shape index (κ3) is 3.15. The van der Waals surface area contributed by atoms with Gasteiger partial charge in [-0.3, -0.25) is 4.98 Å². The van der Waals surface area contributed by atoms with E-state index in [2.05, 4.69) is 10.3 Å². The highest BCUT2D eigenvalue weighted by atomic mass is 127. The van der Waals surface area contributed by atoms with Crippen molar-refractivity contribution in [3.05, 3.63) is 57.2 Å². The lowest BCUT2D eigenvalue weighted by molar-refractivity contribution is 0.621. The molecule has 2 nitrogen and oxygen atoms in total. The van der Waals surface area contributed by atoms with Gasteiger partial charge < -0.3 is 5.32 Å². The predicted octanol–water partition coefficient (Wildman–Crippen LogP) is 3.75. The fourth-order valence-electron chi connectivity index (χ4n) is 1.52. The maximum absolute atomic E-state index is 13.3. The molecule has 0 atom stereocenters. The van der Waals surface area contributed by atoms with Crippen LogP contribution in [0.3, 0.4) is 0 Å². The van der Waals surface area contributed by atoms with Gasteiger partial charge in [0.25, 0.3) is 0 Å². The average Bonchev–Trinajstić information content (AvgIpc) is 2.31. The third-order valence-corrected chi connectivity index (χ3v) is 3.45. The van der Waals surface area contributed by atoms with Crippen LogP contribution in [0.1, 0.15) is 11.4 Å². The summed E-state index contributed by atoms with van der Waals surface area (Å²) in [6.45, 7) is 2.55. The fourth-order valence-corrected chi connectivity index (χ4v) is 2.07. The molecule has 0 aliphatic rings. The smallest absolute Gasteiger partial charge is 0.138 e. The van der Waals surface area contributed by atoms with Gasteiger partial charge in [0.1, 0.15) is 5.82 Å². The van der Waals surface area contributed by atoms with Crippen LogP contribution in [0.5, 0.6) is 0 Å². The molecule has 88 valence electrons. The van der Waals surface area contributed by atoms with Crippen molar-refractivity contribution in [2.75, 3.05) is 5.32 Å². The monoisotopic (exact) mass is 342 g/mol. The molecule has 1 aromatic heterocycles. The van der Waals surface area contributed by atoms with Crippen LogP contribution in [-0.2, 0) is 6.54 Å². The zero-order valence-electron chi connectivity index (χ0n) is 9.37. The highest BCUT2D eigenvalue weighted by Crippen LogP contribution is 2.21. The standard InChI is InChI=1S/C13H12FIN2/c1-9-4-2-5-10(17-9)8-16-12-7-3-6-11(14)13(12)15/h2-7,16H,8H2,1H3. The highest BCUT2D eigenvalue weighted by molar-refractivity contribution is 14.1. The first-order chi connectivity index (χ1) is 8.16. The molecule has 0 bridgehead atoms. The lowest BCUT2D eigenvalue weighted by Crippen LogP contribution is -2.04. The van der Waals surface area contributed by atoms with Crippen LogP contribution in [0.4, 0.5) is 10.1 Å². The molecule has 1 heterocycles. The summed E-state index contributed by atoms with van der Waals surface area (Å²) in [5.74, 6) is -0.201. The van der Waals surface area contributed by atoms with Crippen molar-refractivity contribution in [2.45, 2.75) is 13.5 Å². The van der Waals surface area contributed by atoms with Crippen LogP contribution in [-0.4, -0.2) is 4.98 Å². The number of nitrogens with one attached hydrogen (secondary N) is 1. The van der Waals surface area contributed by atoms with Crippen LogP contribution >= 0.6 is 22.6 Å². The normalized spacial score (nSPS) is 10.3. The van der Waals surface area contributed by atoms with Gasteiger partial charge in [-0.2, -0.15) is 0 Å². The molecule has 17 heavy (non-hydrogen) atoms. The number of anilines is 1. The first-order valence-corrected chi connectivity index (χ1v) is 6.35. The minimum absolute atomic E-state index is 0.201. The number of pyridine rings is 1. The van der Waals surface area contributed by atoms with E-state index in [1.165, 1.54) is 6.07 Å². The van der Waals surface area contributed by atoms with Gasteiger partial charge in [-0.15, -0.1) is 0 Å². The Morgan fingerprint density at radius 3 is 2.76 bits per heavy atom. The zero-order chi connectivity index (χ0) is 12.3. The molecule has 1 N–H and O–H groups in total. The van der Waals surface area contributed by atoms with Crippen molar-refractivity contribution in [3.8, 4) is 0 Å². The van der Waals surface area contributed by atoms with E-state index >= 15 is 0 Å². The molecular weight excluding hydrogens is 330 g/mol. The summed E-state index contributed by atoms with van der Waals surface area (Å²) in [5, 5.41) is 3.19. The Morgan fingerprint density at radius 1 is 1.24 bits per heavy atom. The largest absolute Gasteiger partial charge is 0.378 e. The van der Waals surface area contributed by atoms with Gasteiger partial charge in [0.15, 0.2) is 0 Å². The minimum Gasteiger partial charge on any atom is -0.378 e. The molecule has 0 fully saturated rings. The second-order valence-electron chi connectivity index (χ2n) is 3.73. The highest BCUT2D eigenvalue weighted by Gasteiger charge is 2.04. The molecule has 0 amide bonds. The summed E-state index contributed by atoms with van der Waals surface area (Å²) >= 11 is 2.00. The Hall–Kier alpha value is -1.17. The van der Waals surface area contributed by atoms with Gasteiger partial charge >= 0.3 is 0 Å². The fraction of sp³-hybridized carbons (Fsp3) is 0.154. The number of nitrogens with zero attached hydrogens (tertiary/aromatic N) is 1. The van der Waals surface area contributed by atoms with Gasteiger partial charge in [-0.25, -0.2) is 4.39 Å². The van der Waals surface area contributed by atoms with E-state index in [1.807, 2.05) is 53.8 Å². The third-order valence-electron chi connectivity index (χ3n) is 2.36. The maximum atomic E-state index is 13.3. The molecular formula is C13H12FIN2. The maximum Gasteiger partial charge on any atom is 0.138 e. The lowest BCUT2D eigenvalue weighted by atomic mass is 10.3. The molecule has 4 heteroatoms. The first-order valence-electron chi connectivity index (χ1n) is 5.27. The summed E-state index contributed by atoms with van der Waals surface area (Å²) in [4.78, 5) is 4.38. The Balaban J connectivity index is 2.10. The number of hydrogen-bond donors (Lipinski definition) is 1. The number of rotatable bonds is 3. The first kappa shape index (κ1) is 12.3. The van der Waals surface area contributed by atoms with E-state index in [9.17, 15) is 4.39 Å². The van der Waals surface area contributed by atoms with Crippen molar-refractivity contribution in [1.82, 2.24) is 4.98 Å². The van der Waals surface area contributed by atoms with Gasteiger partial charge in [-0.05, 0) is 53.8 Å². The van der Waals surface area contributed by atoms with Crippen LogP contribution < -0.4 is 5.32 Å². The number of halogens is 2. The van der Waals surface area contributed by atoms with Crippen LogP contribution in [0.2, 0.25) is 0 Å².